The van der Waals surface area contributed by atoms with Crippen LogP contribution in [0.25, 0.3) is 22.4 Å². The summed E-state index contributed by atoms with van der Waals surface area (Å²) in [5, 5.41) is 19.5. The van der Waals surface area contributed by atoms with Crippen molar-refractivity contribution in [1.82, 2.24) is 29.1 Å². The molecule has 0 aliphatic carbocycles. The first kappa shape index (κ1) is 15.2. The van der Waals surface area contributed by atoms with Crippen molar-refractivity contribution in [3.05, 3.63) is 53.0 Å². The molecule has 0 saturated carbocycles. The van der Waals surface area contributed by atoms with Gasteiger partial charge in [-0.25, -0.2) is 0 Å². The number of fused-ring (bicyclic) bond motifs is 3. The van der Waals surface area contributed by atoms with Crippen molar-refractivity contribution < 1.29 is 9.49 Å². The number of benzene rings is 1. The molecule has 4 aromatic rings. The van der Waals surface area contributed by atoms with E-state index >= 15 is 0 Å². The minimum absolute atomic E-state index is 0.0943. The van der Waals surface area contributed by atoms with E-state index in [2.05, 4.69) is 25.8 Å². The van der Waals surface area contributed by atoms with E-state index in [0.29, 0.717) is 28.2 Å². The van der Waals surface area contributed by atoms with Crippen LogP contribution in [0, 0.1) is 15.7 Å². The van der Waals surface area contributed by atoms with Gasteiger partial charge in [0.15, 0.2) is 0 Å². The van der Waals surface area contributed by atoms with Crippen LogP contribution in [-0.2, 0) is 11.0 Å². The zero-order valence-corrected chi connectivity index (χ0v) is 13.4. The summed E-state index contributed by atoms with van der Waals surface area (Å²) < 4.78 is 13.9. The summed E-state index contributed by atoms with van der Waals surface area (Å²) in [6, 6.07) is 3.03. The molecule has 1 aromatic carbocycles. The van der Waals surface area contributed by atoms with Gasteiger partial charge < -0.3 is 0 Å². The van der Waals surface area contributed by atoms with Gasteiger partial charge in [0.2, 0.25) is 0 Å². The third-order valence-corrected chi connectivity index (χ3v) is 3.96. The summed E-state index contributed by atoms with van der Waals surface area (Å²) in [6.07, 6.45) is 6.32. The predicted octanol–water partition coefficient (Wildman–Crippen LogP) is 2.16. The van der Waals surface area contributed by atoms with E-state index in [1.165, 1.54) is 24.8 Å². The van der Waals surface area contributed by atoms with Gasteiger partial charge in [0.25, 0.3) is 0 Å². The van der Waals surface area contributed by atoms with E-state index in [-0.39, 0.29) is 20.0 Å². The first-order valence-corrected chi connectivity index (χ1v) is 7.85. The van der Waals surface area contributed by atoms with Crippen LogP contribution >= 0.6 is 7.92 Å². The molecule has 25 heavy (non-hydrogen) atoms. The second kappa shape index (κ2) is 5.94. The van der Waals surface area contributed by atoms with Gasteiger partial charge in [0.05, 0.1) is 0 Å². The van der Waals surface area contributed by atoms with Crippen molar-refractivity contribution in [2.45, 2.75) is 6.42 Å². The Hall–Kier alpha value is -3.35. The molecule has 122 valence electrons. The van der Waals surface area contributed by atoms with Gasteiger partial charge in [-0.3, -0.25) is 0 Å². The molecular weight excluding hydrogens is 345 g/mol. The molecule has 4 rings (SSSR count). The van der Waals surface area contributed by atoms with Crippen LogP contribution in [0.1, 0.15) is 5.82 Å². The predicted molar refractivity (Wildman–Crippen MR) is 87.3 cm³/mol. The summed E-state index contributed by atoms with van der Waals surface area (Å²) >= 11 is 0. The van der Waals surface area contributed by atoms with Crippen molar-refractivity contribution in [2.75, 3.05) is 0 Å². The minimum atomic E-state index is -0.467. The van der Waals surface area contributed by atoms with Crippen LogP contribution in [0.4, 0.5) is 5.69 Å². The standard InChI is InChI=1S/C14H8N7O3P/c22-21(23)12-5-9-10(6-11(12)19-3-2-15-8-19)20-13(1-4-25-24)17-18-14(20)7-16-9/h2-3,5-8H,1H2. The number of nitrogens with zero attached hydrogens (tertiary/aromatic N) is 7. The molecule has 0 bridgehead atoms. The van der Waals surface area contributed by atoms with Crippen LogP contribution in [0.3, 0.4) is 0 Å². The van der Waals surface area contributed by atoms with Crippen molar-refractivity contribution in [1.29, 1.82) is 0 Å². The molecule has 11 heteroatoms. The second-order valence-electron chi connectivity index (χ2n) is 5.05. The SMILES string of the molecule is O=P#CCc1nnc2cnc3cc([N+](=O)[O-])c(-n4ccnc4)cc3n12. The van der Waals surface area contributed by atoms with Crippen LogP contribution in [0.2, 0.25) is 0 Å². The maximum atomic E-state index is 11.4. The number of aromatic nitrogens is 6. The van der Waals surface area contributed by atoms with Gasteiger partial charge >= 0.3 is 140 Å². The van der Waals surface area contributed by atoms with Crippen molar-refractivity contribution in [2.24, 2.45) is 0 Å². The van der Waals surface area contributed by atoms with Gasteiger partial charge in [-0.05, 0) is 0 Å². The monoisotopic (exact) mass is 353 g/mol. The zero-order chi connectivity index (χ0) is 17.4. The summed E-state index contributed by atoms with van der Waals surface area (Å²) in [5.41, 5.74) is 4.38. The van der Waals surface area contributed by atoms with Gasteiger partial charge in [-0.1, -0.05) is 0 Å². The fourth-order valence-electron chi connectivity index (χ4n) is 2.61. The average Bonchev–Trinajstić information content (AvgIpc) is 3.28. The van der Waals surface area contributed by atoms with E-state index in [4.69, 9.17) is 0 Å². The summed E-state index contributed by atoms with van der Waals surface area (Å²) in [5.74, 6) is 0.510. The maximum absolute atomic E-state index is 11.4. The third-order valence-electron chi connectivity index (χ3n) is 3.67. The molecule has 0 fully saturated rings. The molecule has 0 aliphatic heterocycles. The quantitative estimate of drug-likeness (QED) is 0.314. The van der Waals surface area contributed by atoms with Gasteiger partial charge in [0, 0.05) is 0 Å². The Morgan fingerprint density at radius 2 is 2.20 bits per heavy atom. The van der Waals surface area contributed by atoms with Crippen molar-refractivity contribution >= 4 is 30.3 Å². The third kappa shape index (κ3) is 2.50. The molecule has 0 aliphatic rings. The van der Waals surface area contributed by atoms with E-state index in [1.807, 2.05) is 0 Å². The Balaban J connectivity index is 2.10. The molecule has 3 heterocycles. The summed E-state index contributed by atoms with van der Waals surface area (Å²) in [7, 11) is -0.229. The molecule has 0 N–H and O–H groups in total. The van der Waals surface area contributed by atoms with Crippen LogP contribution in [-0.4, -0.2) is 34.1 Å². The van der Waals surface area contributed by atoms with Crippen molar-refractivity contribution in [3.63, 3.8) is 0 Å². The van der Waals surface area contributed by atoms with E-state index in [9.17, 15) is 14.7 Å². The molecular formula is C14H8N7O3P. The Labute approximate surface area is 140 Å². The van der Waals surface area contributed by atoms with Crippen LogP contribution in [0.5, 0.6) is 0 Å². The molecule has 10 nitrogen and oxygen atoms in total. The number of hydrogen-bond acceptors (Lipinski definition) is 7. The zero-order valence-electron chi connectivity index (χ0n) is 12.5. The second-order valence-corrected chi connectivity index (χ2v) is 5.55. The van der Waals surface area contributed by atoms with Crippen LogP contribution in [0.15, 0.2) is 37.1 Å². The van der Waals surface area contributed by atoms with Crippen molar-refractivity contribution in [3.8, 4) is 11.3 Å². The molecule has 3 aromatic heterocycles. The number of hydrogen-bond donors (Lipinski definition) is 0. The van der Waals surface area contributed by atoms with Gasteiger partial charge in [0.1, 0.15) is 0 Å². The normalized spacial score (nSPS) is 10.9. The van der Waals surface area contributed by atoms with E-state index < -0.39 is 4.92 Å². The Bertz CT molecular complexity index is 1230. The van der Waals surface area contributed by atoms with Gasteiger partial charge in [-0.2, -0.15) is 0 Å². The molecule has 0 radical (unpaired) electrons. The van der Waals surface area contributed by atoms with Gasteiger partial charge in [-0.15, -0.1) is 0 Å². The fourth-order valence-corrected chi connectivity index (χ4v) is 2.82. The molecule has 0 atom stereocenters. The Morgan fingerprint density at radius 1 is 1.32 bits per heavy atom. The Kier molecular flexibility index (Phi) is 3.61. The molecule has 0 amide bonds. The first-order valence-electron chi connectivity index (χ1n) is 7.03. The number of nitro benzene ring substituents is 1. The van der Waals surface area contributed by atoms with E-state index in [0.717, 1.165) is 0 Å². The Morgan fingerprint density at radius 3 is 2.92 bits per heavy atom. The van der Waals surface area contributed by atoms with Crippen LogP contribution < -0.4 is 0 Å². The summed E-state index contributed by atoms with van der Waals surface area (Å²) in [6.45, 7) is 0. The molecule has 0 spiro atoms. The van der Waals surface area contributed by atoms with E-state index in [1.54, 1.807) is 21.2 Å². The first-order chi connectivity index (χ1) is 12.2. The fraction of sp³-hybridized carbons (Fsp3) is 0.0714. The molecule has 0 saturated heterocycles. The average molecular weight is 353 g/mol. The number of nitro groups is 1. The number of imidazole rings is 1. The number of rotatable bonds is 3. The topological polar surface area (TPSA) is 121 Å². The summed E-state index contributed by atoms with van der Waals surface area (Å²) in [4.78, 5) is 19.2. The molecule has 0 unspecified atom stereocenters.